The van der Waals surface area contributed by atoms with E-state index < -0.39 is 0 Å². The van der Waals surface area contributed by atoms with Crippen LogP contribution in [0.4, 0.5) is 17.5 Å². The molecule has 156 valence electrons. The van der Waals surface area contributed by atoms with Crippen molar-refractivity contribution in [3.05, 3.63) is 59.8 Å². The SMILES string of the molecule is CNC(=O)c1ccc(N2CCN(Cc3ccnc(Nc4ncc[nH]4)c3)CC2)c(C)n1. The van der Waals surface area contributed by atoms with Crippen molar-refractivity contribution in [1.29, 1.82) is 0 Å². The molecule has 0 aliphatic carbocycles. The quantitative estimate of drug-likeness (QED) is 0.575. The number of pyridine rings is 2. The normalized spacial score (nSPS) is 14.5. The van der Waals surface area contributed by atoms with Gasteiger partial charge < -0.3 is 20.5 Å². The van der Waals surface area contributed by atoms with Crippen molar-refractivity contribution in [2.75, 3.05) is 43.4 Å². The first-order chi connectivity index (χ1) is 14.6. The van der Waals surface area contributed by atoms with Gasteiger partial charge in [0.25, 0.3) is 5.91 Å². The zero-order chi connectivity index (χ0) is 20.9. The van der Waals surface area contributed by atoms with Crippen molar-refractivity contribution in [1.82, 2.24) is 30.2 Å². The van der Waals surface area contributed by atoms with E-state index in [0.717, 1.165) is 49.9 Å². The molecule has 1 aliphatic heterocycles. The first kappa shape index (κ1) is 19.8. The van der Waals surface area contributed by atoms with Crippen molar-refractivity contribution in [2.24, 2.45) is 0 Å². The number of nitrogens with zero attached hydrogens (tertiary/aromatic N) is 5. The lowest BCUT2D eigenvalue weighted by atomic mass is 10.2. The third-order valence-corrected chi connectivity index (χ3v) is 5.21. The summed E-state index contributed by atoms with van der Waals surface area (Å²) in [7, 11) is 1.62. The van der Waals surface area contributed by atoms with Crippen LogP contribution in [-0.4, -0.2) is 64.0 Å². The molecule has 1 saturated heterocycles. The maximum Gasteiger partial charge on any atom is 0.269 e. The summed E-state index contributed by atoms with van der Waals surface area (Å²) in [5, 5.41) is 5.79. The Labute approximate surface area is 175 Å². The molecule has 0 unspecified atom stereocenters. The first-order valence-corrected chi connectivity index (χ1v) is 10.0. The van der Waals surface area contributed by atoms with Gasteiger partial charge in [-0.1, -0.05) is 0 Å². The van der Waals surface area contributed by atoms with Crippen LogP contribution in [0.2, 0.25) is 0 Å². The number of amides is 1. The van der Waals surface area contributed by atoms with E-state index in [2.05, 4.69) is 46.4 Å². The monoisotopic (exact) mass is 406 g/mol. The molecule has 3 N–H and O–H groups in total. The number of carbonyl (C=O) groups excluding carboxylic acids is 1. The largest absolute Gasteiger partial charge is 0.368 e. The summed E-state index contributed by atoms with van der Waals surface area (Å²) in [5.74, 6) is 1.30. The topological polar surface area (TPSA) is 102 Å². The van der Waals surface area contributed by atoms with Crippen LogP contribution in [0.1, 0.15) is 21.7 Å². The highest BCUT2D eigenvalue weighted by molar-refractivity contribution is 5.92. The molecule has 30 heavy (non-hydrogen) atoms. The van der Waals surface area contributed by atoms with Crippen LogP contribution in [0.25, 0.3) is 0 Å². The molecule has 0 spiro atoms. The fourth-order valence-electron chi connectivity index (χ4n) is 3.64. The molecular weight excluding hydrogens is 380 g/mol. The highest BCUT2D eigenvalue weighted by atomic mass is 16.1. The van der Waals surface area contributed by atoms with E-state index in [4.69, 9.17) is 0 Å². The average Bonchev–Trinajstić information content (AvgIpc) is 3.27. The summed E-state index contributed by atoms with van der Waals surface area (Å²) in [5.41, 5.74) is 3.64. The Hall–Kier alpha value is -3.46. The van der Waals surface area contributed by atoms with Gasteiger partial charge in [0.05, 0.1) is 11.4 Å². The molecule has 9 heteroatoms. The van der Waals surface area contributed by atoms with Crippen molar-refractivity contribution in [2.45, 2.75) is 13.5 Å². The highest BCUT2D eigenvalue weighted by Crippen LogP contribution is 2.21. The van der Waals surface area contributed by atoms with Gasteiger partial charge in [-0.15, -0.1) is 0 Å². The molecule has 4 rings (SSSR count). The lowest BCUT2D eigenvalue weighted by Crippen LogP contribution is -2.46. The minimum atomic E-state index is -0.160. The first-order valence-electron chi connectivity index (χ1n) is 10.0. The number of rotatable bonds is 6. The molecular formula is C21H26N8O. The fourth-order valence-corrected chi connectivity index (χ4v) is 3.64. The van der Waals surface area contributed by atoms with E-state index in [1.54, 1.807) is 25.5 Å². The zero-order valence-electron chi connectivity index (χ0n) is 17.2. The van der Waals surface area contributed by atoms with Crippen LogP contribution in [0, 0.1) is 6.92 Å². The molecule has 0 atom stereocenters. The van der Waals surface area contributed by atoms with Crippen LogP contribution in [0.15, 0.2) is 42.9 Å². The molecule has 9 nitrogen and oxygen atoms in total. The van der Waals surface area contributed by atoms with Gasteiger partial charge >= 0.3 is 0 Å². The Bertz CT molecular complexity index is 996. The van der Waals surface area contributed by atoms with E-state index in [9.17, 15) is 4.79 Å². The molecule has 1 amide bonds. The second-order valence-corrected chi connectivity index (χ2v) is 7.26. The number of hydrogen-bond donors (Lipinski definition) is 3. The van der Waals surface area contributed by atoms with Gasteiger partial charge in [0.15, 0.2) is 0 Å². The molecule has 0 saturated carbocycles. The van der Waals surface area contributed by atoms with Crippen LogP contribution in [-0.2, 0) is 6.54 Å². The minimum Gasteiger partial charge on any atom is -0.368 e. The van der Waals surface area contributed by atoms with Gasteiger partial charge in [-0.05, 0) is 36.8 Å². The molecule has 0 bridgehead atoms. The second kappa shape index (κ2) is 8.91. The predicted molar refractivity (Wildman–Crippen MR) is 116 cm³/mol. The summed E-state index contributed by atoms with van der Waals surface area (Å²) in [4.78, 5) is 32.6. The number of hydrogen-bond acceptors (Lipinski definition) is 7. The van der Waals surface area contributed by atoms with Crippen LogP contribution < -0.4 is 15.5 Å². The van der Waals surface area contributed by atoms with Gasteiger partial charge in [0.2, 0.25) is 5.95 Å². The summed E-state index contributed by atoms with van der Waals surface area (Å²) in [6.45, 7) is 6.59. The molecule has 1 fully saturated rings. The number of piperazine rings is 1. The van der Waals surface area contributed by atoms with Crippen molar-refractivity contribution < 1.29 is 4.79 Å². The fraction of sp³-hybridized carbons (Fsp3) is 0.333. The number of anilines is 3. The molecule has 3 aromatic heterocycles. The minimum absolute atomic E-state index is 0.160. The Kier molecular flexibility index (Phi) is 5.89. The molecule has 4 heterocycles. The highest BCUT2D eigenvalue weighted by Gasteiger charge is 2.20. The molecule has 0 radical (unpaired) electrons. The summed E-state index contributed by atoms with van der Waals surface area (Å²) >= 11 is 0. The van der Waals surface area contributed by atoms with E-state index in [0.29, 0.717) is 11.6 Å². The molecule has 1 aliphatic rings. The van der Waals surface area contributed by atoms with Gasteiger partial charge in [-0.3, -0.25) is 9.69 Å². The Morgan fingerprint density at radius 1 is 1.13 bits per heavy atom. The molecule has 0 aromatic carbocycles. The summed E-state index contributed by atoms with van der Waals surface area (Å²) in [6, 6.07) is 7.89. The Morgan fingerprint density at radius 2 is 1.97 bits per heavy atom. The number of imidazole rings is 1. The lowest BCUT2D eigenvalue weighted by Gasteiger charge is -2.36. The number of aromatic nitrogens is 4. The summed E-state index contributed by atoms with van der Waals surface area (Å²) in [6.07, 6.45) is 5.30. The predicted octanol–water partition coefficient (Wildman–Crippen LogP) is 1.93. The van der Waals surface area contributed by atoms with Crippen molar-refractivity contribution >= 4 is 23.4 Å². The van der Waals surface area contributed by atoms with E-state index in [1.165, 1.54) is 5.56 Å². The van der Waals surface area contributed by atoms with Crippen LogP contribution >= 0.6 is 0 Å². The number of H-pyrrole nitrogens is 1. The smallest absolute Gasteiger partial charge is 0.269 e. The maximum absolute atomic E-state index is 11.8. The van der Waals surface area contributed by atoms with Gasteiger partial charge in [-0.2, -0.15) is 0 Å². The maximum atomic E-state index is 11.8. The Balaban J connectivity index is 1.34. The van der Waals surface area contributed by atoms with Crippen LogP contribution in [0.3, 0.4) is 0 Å². The van der Waals surface area contributed by atoms with E-state index in [-0.39, 0.29) is 5.91 Å². The number of carbonyl (C=O) groups is 1. The van der Waals surface area contributed by atoms with Gasteiger partial charge in [0, 0.05) is 58.4 Å². The Morgan fingerprint density at radius 3 is 2.67 bits per heavy atom. The number of aromatic amines is 1. The standard InChI is InChI=1S/C21H26N8O/c1-15-18(4-3-17(26-15)20(30)22-2)29-11-9-28(10-12-29)14-16-5-6-23-19(13-16)27-21-24-7-8-25-21/h3-8,13H,9-12,14H2,1-2H3,(H,22,30)(H2,23,24,25,27). The zero-order valence-corrected chi connectivity index (χ0v) is 17.2. The van der Waals surface area contributed by atoms with Crippen molar-refractivity contribution in [3.8, 4) is 0 Å². The van der Waals surface area contributed by atoms with E-state index >= 15 is 0 Å². The van der Waals surface area contributed by atoms with E-state index in [1.807, 2.05) is 25.3 Å². The summed E-state index contributed by atoms with van der Waals surface area (Å²) < 4.78 is 0. The number of nitrogens with one attached hydrogen (secondary N) is 3. The lowest BCUT2D eigenvalue weighted by molar-refractivity contribution is 0.0958. The molecule has 3 aromatic rings. The average molecular weight is 406 g/mol. The van der Waals surface area contributed by atoms with Gasteiger partial charge in [-0.25, -0.2) is 15.0 Å². The third kappa shape index (κ3) is 4.57. The third-order valence-electron chi connectivity index (χ3n) is 5.21. The van der Waals surface area contributed by atoms with Gasteiger partial charge in [0.1, 0.15) is 11.5 Å². The van der Waals surface area contributed by atoms with Crippen molar-refractivity contribution in [3.63, 3.8) is 0 Å². The van der Waals surface area contributed by atoms with Crippen LogP contribution in [0.5, 0.6) is 0 Å². The second-order valence-electron chi connectivity index (χ2n) is 7.26. The number of aryl methyl sites for hydroxylation is 1.